The molecule has 102 valence electrons. The minimum atomic E-state index is -4.69. The molecule has 0 aromatic heterocycles. The van der Waals surface area contributed by atoms with Gasteiger partial charge in [0, 0.05) is 0 Å². The molecule has 0 heterocycles. The van der Waals surface area contributed by atoms with Crippen molar-refractivity contribution >= 4 is 13.8 Å². The number of phosphoric acid groups is 1. The van der Waals surface area contributed by atoms with Crippen LogP contribution in [0.4, 0.5) is 0 Å². The minimum Gasteiger partial charge on any atom is -0.463 e. The first-order valence-corrected chi connectivity index (χ1v) is 6.86. The van der Waals surface area contributed by atoms with Gasteiger partial charge in [-0.05, 0) is 11.3 Å². The number of ether oxygens (including phenoxy) is 1. The lowest BCUT2D eigenvalue weighted by Gasteiger charge is -2.23. The quantitative estimate of drug-likeness (QED) is 0.582. The molecule has 6 nitrogen and oxygen atoms in total. The number of hydrogen-bond acceptors (Lipinski definition) is 4. The lowest BCUT2D eigenvalue weighted by Crippen LogP contribution is -2.32. The summed E-state index contributed by atoms with van der Waals surface area (Å²) < 4.78 is 20.1. The Morgan fingerprint density at radius 1 is 1.29 bits per heavy atom. The largest absolute Gasteiger partial charge is 0.470 e. The molecule has 0 saturated heterocycles. The fourth-order valence-electron chi connectivity index (χ4n) is 0.955. The molecule has 1 unspecified atom stereocenters. The van der Waals surface area contributed by atoms with E-state index >= 15 is 0 Å². The first kappa shape index (κ1) is 16.6. The van der Waals surface area contributed by atoms with Gasteiger partial charge in [0.1, 0.15) is 0 Å². The van der Waals surface area contributed by atoms with E-state index in [1.807, 2.05) is 20.8 Å². The summed E-state index contributed by atoms with van der Waals surface area (Å²) in [4.78, 5) is 29.0. The average Bonchev–Trinajstić information content (AvgIpc) is 2.07. The van der Waals surface area contributed by atoms with E-state index in [4.69, 9.17) is 14.5 Å². The van der Waals surface area contributed by atoms with Gasteiger partial charge in [-0.1, -0.05) is 34.6 Å². The molecule has 0 saturated carbocycles. The molecule has 0 aromatic rings. The number of rotatable bonds is 5. The first-order chi connectivity index (χ1) is 7.42. The van der Waals surface area contributed by atoms with Gasteiger partial charge in [-0.15, -0.1) is 0 Å². The summed E-state index contributed by atoms with van der Waals surface area (Å²) in [5.41, 5.74) is -0.209. The summed E-state index contributed by atoms with van der Waals surface area (Å²) in [6.45, 7) is 9.06. The molecule has 0 spiro atoms. The van der Waals surface area contributed by atoms with E-state index < -0.39 is 19.9 Å². The summed E-state index contributed by atoms with van der Waals surface area (Å²) >= 11 is 0. The van der Waals surface area contributed by atoms with Crippen LogP contribution in [0.5, 0.6) is 0 Å². The van der Waals surface area contributed by atoms with E-state index in [0.717, 1.165) is 0 Å². The van der Waals surface area contributed by atoms with Crippen molar-refractivity contribution < 1.29 is 28.4 Å². The molecule has 0 rings (SSSR count). The molecular formula is C10H21O6P. The lowest BCUT2D eigenvalue weighted by atomic mass is 9.98. The Labute approximate surface area is 102 Å². The van der Waals surface area contributed by atoms with Gasteiger partial charge < -0.3 is 14.5 Å². The zero-order valence-corrected chi connectivity index (χ0v) is 11.7. The van der Waals surface area contributed by atoms with Crippen LogP contribution in [0.1, 0.15) is 34.6 Å². The SMILES string of the molecule is CC(C)C(OP(=O)(O)O)C(=O)OCC(C)(C)C. The van der Waals surface area contributed by atoms with Crippen molar-refractivity contribution in [1.29, 1.82) is 0 Å². The Bertz CT molecular complexity index is 300. The molecule has 0 aromatic carbocycles. The molecule has 17 heavy (non-hydrogen) atoms. The maximum atomic E-state index is 11.6. The normalized spacial score (nSPS) is 14.8. The van der Waals surface area contributed by atoms with Crippen LogP contribution in [0.25, 0.3) is 0 Å². The van der Waals surface area contributed by atoms with Gasteiger partial charge in [0.05, 0.1) is 6.61 Å². The molecule has 1 atom stereocenters. The maximum Gasteiger partial charge on any atom is 0.470 e. The van der Waals surface area contributed by atoms with Gasteiger partial charge in [-0.25, -0.2) is 9.36 Å². The molecule has 7 heteroatoms. The predicted molar refractivity (Wildman–Crippen MR) is 62.2 cm³/mol. The third-order valence-electron chi connectivity index (χ3n) is 1.74. The van der Waals surface area contributed by atoms with E-state index in [-0.39, 0.29) is 17.9 Å². The van der Waals surface area contributed by atoms with Crippen LogP contribution < -0.4 is 0 Å². The Morgan fingerprint density at radius 2 is 1.76 bits per heavy atom. The van der Waals surface area contributed by atoms with E-state index in [1.165, 1.54) is 0 Å². The van der Waals surface area contributed by atoms with Gasteiger partial charge in [0.2, 0.25) is 0 Å². The second-order valence-electron chi connectivity index (χ2n) is 5.43. The van der Waals surface area contributed by atoms with Crippen molar-refractivity contribution in [3.05, 3.63) is 0 Å². The number of carbonyl (C=O) groups excluding carboxylic acids is 1. The number of hydrogen-bond donors (Lipinski definition) is 2. The van der Waals surface area contributed by atoms with Gasteiger partial charge >= 0.3 is 13.8 Å². The zero-order chi connectivity index (χ0) is 13.9. The second kappa shape index (κ2) is 5.96. The summed E-state index contributed by atoms with van der Waals surface area (Å²) in [6, 6.07) is 0. The van der Waals surface area contributed by atoms with Crippen LogP contribution in [-0.2, 0) is 18.6 Å². The maximum absolute atomic E-state index is 11.6. The fraction of sp³-hybridized carbons (Fsp3) is 0.900. The summed E-state index contributed by atoms with van der Waals surface area (Å²) in [7, 11) is -4.69. The highest BCUT2D eigenvalue weighted by molar-refractivity contribution is 7.46. The Hall–Kier alpha value is -0.420. The highest BCUT2D eigenvalue weighted by Crippen LogP contribution is 2.39. The lowest BCUT2D eigenvalue weighted by molar-refractivity contribution is -0.157. The van der Waals surface area contributed by atoms with Crippen molar-refractivity contribution in [2.24, 2.45) is 11.3 Å². The molecule has 0 fully saturated rings. The van der Waals surface area contributed by atoms with Crippen LogP contribution in [0.15, 0.2) is 0 Å². The smallest absolute Gasteiger partial charge is 0.463 e. The number of carbonyl (C=O) groups is 1. The van der Waals surface area contributed by atoms with Crippen LogP contribution in [0, 0.1) is 11.3 Å². The van der Waals surface area contributed by atoms with Crippen LogP contribution >= 0.6 is 7.82 Å². The van der Waals surface area contributed by atoms with Gasteiger partial charge in [0.25, 0.3) is 0 Å². The van der Waals surface area contributed by atoms with Gasteiger partial charge in [-0.3, -0.25) is 4.52 Å². The van der Waals surface area contributed by atoms with Crippen molar-refractivity contribution in [2.45, 2.75) is 40.7 Å². The summed E-state index contributed by atoms with van der Waals surface area (Å²) in [6.07, 6.45) is -1.25. The minimum absolute atomic E-state index is 0.166. The summed E-state index contributed by atoms with van der Waals surface area (Å²) in [5.74, 6) is -1.13. The standard InChI is InChI=1S/C10H21O6P/c1-7(2)8(16-17(12,13)14)9(11)15-6-10(3,4)5/h7-8H,6H2,1-5H3,(H2,12,13,14). The Morgan fingerprint density at radius 3 is 2.06 bits per heavy atom. The van der Waals surface area contributed by atoms with E-state index in [1.54, 1.807) is 13.8 Å². The Kier molecular flexibility index (Phi) is 5.81. The third kappa shape index (κ3) is 8.32. The van der Waals surface area contributed by atoms with Crippen LogP contribution in [-0.4, -0.2) is 28.5 Å². The molecule has 0 radical (unpaired) electrons. The van der Waals surface area contributed by atoms with Crippen LogP contribution in [0.2, 0.25) is 0 Å². The molecule has 0 bridgehead atoms. The van der Waals surface area contributed by atoms with E-state index in [0.29, 0.717) is 0 Å². The molecule has 0 aliphatic carbocycles. The highest BCUT2D eigenvalue weighted by atomic mass is 31.2. The Balaban J connectivity index is 4.52. The number of esters is 1. The van der Waals surface area contributed by atoms with Crippen LogP contribution in [0.3, 0.4) is 0 Å². The third-order valence-corrected chi connectivity index (χ3v) is 2.24. The van der Waals surface area contributed by atoms with Gasteiger partial charge in [0.15, 0.2) is 6.10 Å². The fourth-order valence-corrected chi connectivity index (χ4v) is 1.58. The van der Waals surface area contributed by atoms with Crippen molar-refractivity contribution in [1.82, 2.24) is 0 Å². The predicted octanol–water partition coefficient (Wildman–Crippen LogP) is 1.71. The monoisotopic (exact) mass is 268 g/mol. The van der Waals surface area contributed by atoms with Crippen molar-refractivity contribution in [3.8, 4) is 0 Å². The van der Waals surface area contributed by atoms with E-state index in [9.17, 15) is 9.36 Å². The zero-order valence-electron chi connectivity index (χ0n) is 10.8. The topological polar surface area (TPSA) is 93.1 Å². The highest BCUT2D eigenvalue weighted by Gasteiger charge is 2.32. The number of phosphoric ester groups is 1. The molecule has 0 aliphatic heterocycles. The molecule has 2 N–H and O–H groups in total. The van der Waals surface area contributed by atoms with Gasteiger partial charge in [-0.2, -0.15) is 0 Å². The van der Waals surface area contributed by atoms with E-state index in [2.05, 4.69) is 4.52 Å². The molecule has 0 amide bonds. The van der Waals surface area contributed by atoms with Crippen molar-refractivity contribution in [2.75, 3.05) is 6.61 Å². The first-order valence-electron chi connectivity index (χ1n) is 5.33. The summed E-state index contributed by atoms with van der Waals surface area (Å²) in [5, 5.41) is 0. The molecular weight excluding hydrogens is 247 g/mol. The van der Waals surface area contributed by atoms with Crippen molar-refractivity contribution in [3.63, 3.8) is 0 Å². The second-order valence-corrected chi connectivity index (χ2v) is 6.62. The average molecular weight is 268 g/mol. The molecule has 0 aliphatic rings.